The number of aliphatic carboxylic acids is 1. The fourth-order valence-corrected chi connectivity index (χ4v) is 1.60. The number of carboxylic acid groups (broad SMARTS) is 2. The Morgan fingerprint density at radius 2 is 2.06 bits per heavy atom. The van der Waals surface area contributed by atoms with E-state index in [1.807, 2.05) is 0 Å². The first-order valence-corrected chi connectivity index (χ1v) is 5.12. The molecule has 2 rings (SSSR count). The Kier molecular flexibility index (Phi) is 2.88. The number of nitrogens with zero attached hydrogens (tertiary/aromatic N) is 3. The SMILES string of the molecule is CN(CC(=O)O)c1ccc2nc(C(=O)O)cn2c1. The maximum Gasteiger partial charge on any atom is 0.356 e. The fourth-order valence-electron chi connectivity index (χ4n) is 1.60. The van der Waals surface area contributed by atoms with Crippen molar-refractivity contribution in [2.45, 2.75) is 0 Å². The van der Waals surface area contributed by atoms with Crippen molar-refractivity contribution in [2.75, 3.05) is 18.5 Å². The first-order chi connectivity index (χ1) is 8.47. The van der Waals surface area contributed by atoms with Crippen LogP contribution in [-0.4, -0.2) is 45.1 Å². The molecule has 2 aromatic heterocycles. The summed E-state index contributed by atoms with van der Waals surface area (Å²) >= 11 is 0. The van der Waals surface area contributed by atoms with Crippen molar-refractivity contribution < 1.29 is 19.8 Å². The third-order valence-electron chi connectivity index (χ3n) is 2.47. The number of hydrogen-bond donors (Lipinski definition) is 2. The van der Waals surface area contributed by atoms with Gasteiger partial charge in [0.05, 0.1) is 5.69 Å². The second-order valence-corrected chi connectivity index (χ2v) is 3.83. The molecule has 0 aliphatic heterocycles. The molecule has 0 spiro atoms. The minimum absolute atomic E-state index is 0.0481. The van der Waals surface area contributed by atoms with Crippen LogP contribution in [0.5, 0.6) is 0 Å². The Bertz CT molecular complexity index is 620. The molecule has 0 atom stereocenters. The van der Waals surface area contributed by atoms with E-state index in [-0.39, 0.29) is 12.2 Å². The normalized spacial score (nSPS) is 10.5. The van der Waals surface area contributed by atoms with Crippen LogP contribution < -0.4 is 4.90 Å². The van der Waals surface area contributed by atoms with Crippen LogP contribution in [0.4, 0.5) is 5.69 Å². The largest absolute Gasteiger partial charge is 0.480 e. The van der Waals surface area contributed by atoms with Crippen molar-refractivity contribution in [3.63, 3.8) is 0 Å². The van der Waals surface area contributed by atoms with Crippen molar-refractivity contribution in [3.05, 3.63) is 30.2 Å². The zero-order valence-corrected chi connectivity index (χ0v) is 9.57. The van der Waals surface area contributed by atoms with Crippen LogP contribution in [0.1, 0.15) is 10.5 Å². The van der Waals surface area contributed by atoms with Gasteiger partial charge in [-0.15, -0.1) is 0 Å². The Hall–Kier alpha value is -2.57. The summed E-state index contributed by atoms with van der Waals surface area (Å²) < 4.78 is 1.55. The zero-order valence-electron chi connectivity index (χ0n) is 9.57. The molecule has 2 heterocycles. The van der Waals surface area contributed by atoms with Crippen molar-refractivity contribution in [1.29, 1.82) is 0 Å². The van der Waals surface area contributed by atoms with Gasteiger partial charge in [-0.2, -0.15) is 0 Å². The van der Waals surface area contributed by atoms with Crippen LogP contribution in [0.15, 0.2) is 24.5 Å². The lowest BCUT2D eigenvalue weighted by Gasteiger charge is -2.16. The van der Waals surface area contributed by atoms with Crippen molar-refractivity contribution >= 4 is 23.3 Å². The number of carboxylic acids is 2. The number of fused-ring (bicyclic) bond motifs is 1. The van der Waals surface area contributed by atoms with Crippen LogP contribution in [0, 0.1) is 0 Å². The van der Waals surface area contributed by atoms with E-state index < -0.39 is 11.9 Å². The van der Waals surface area contributed by atoms with E-state index in [1.54, 1.807) is 34.7 Å². The number of pyridine rings is 1. The number of aromatic carboxylic acids is 1. The molecule has 0 unspecified atom stereocenters. The number of likely N-dealkylation sites (N-methyl/N-ethyl adjacent to an activating group) is 1. The number of rotatable bonds is 4. The maximum atomic E-state index is 10.8. The second kappa shape index (κ2) is 4.36. The lowest BCUT2D eigenvalue weighted by molar-refractivity contribution is -0.135. The topological polar surface area (TPSA) is 95.1 Å². The predicted molar refractivity (Wildman–Crippen MR) is 63.1 cm³/mol. The molecule has 0 aliphatic carbocycles. The summed E-state index contributed by atoms with van der Waals surface area (Å²) in [6.07, 6.45) is 3.02. The summed E-state index contributed by atoms with van der Waals surface area (Å²) in [6, 6.07) is 3.33. The Balaban J connectivity index is 2.37. The van der Waals surface area contributed by atoms with Gasteiger partial charge in [0.25, 0.3) is 0 Å². The molecule has 0 fully saturated rings. The molecule has 0 saturated heterocycles. The van der Waals surface area contributed by atoms with Gasteiger partial charge < -0.3 is 19.5 Å². The van der Waals surface area contributed by atoms with E-state index in [1.165, 1.54) is 6.20 Å². The monoisotopic (exact) mass is 249 g/mol. The molecule has 7 heteroatoms. The molecule has 94 valence electrons. The average Bonchev–Trinajstić information content (AvgIpc) is 2.70. The quantitative estimate of drug-likeness (QED) is 0.821. The van der Waals surface area contributed by atoms with E-state index in [2.05, 4.69) is 4.98 Å². The van der Waals surface area contributed by atoms with Crippen LogP contribution in [0.25, 0.3) is 5.65 Å². The molecule has 7 nitrogen and oxygen atoms in total. The summed E-state index contributed by atoms with van der Waals surface area (Å²) in [5, 5.41) is 17.5. The van der Waals surface area contributed by atoms with E-state index in [4.69, 9.17) is 10.2 Å². The van der Waals surface area contributed by atoms with E-state index in [0.717, 1.165) is 0 Å². The number of imidazole rings is 1. The second-order valence-electron chi connectivity index (χ2n) is 3.83. The predicted octanol–water partition coefficient (Wildman–Crippen LogP) is 0.553. The molecule has 18 heavy (non-hydrogen) atoms. The smallest absolute Gasteiger partial charge is 0.356 e. The van der Waals surface area contributed by atoms with Crippen molar-refractivity contribution in [3.8, 4) is 0 Å². The van der Waals surface area contributed by atoms with Crippen LogP contribution in [0.2, 0.25) is 0 Å². The summed E-state index contributed by atoms with van der Waals surface area (Å²) in [7, 11) is 1.64. The van der Waals surface area contributed by atoms with Gasteiger partial charge in [-0.1, -0.05) is 0 Å². The van der Waals surface area contributed by atoms with Crippen molar-refractivity contribution in [2.24, 2.45) is 0 Å². The van der Waals surface area contributed by atoms with Gasteiger partial charge in [-0.05, 0) is 12.1 Å². The summed E-state index contributed by atoms with van der Waals surface area (Å²) in [6.45, 7) is -0.133. The van der Waals surface area contributed by atoms with Gasteiger partial charge in [0.2, 0.25) is 0 Å². The number of aromatic nitrogens is 2. The first-order valence-electron chi connectivity index (χ1n) is 5.12. The van der Waals surface area contributed by atoms with E-state index in [0.29, 0.717) is 11.3 Å². The Labute approximate surface area is 102 Å². The standard InChI is InChI=1S/C11H11N3O4/c1-13(6-10(15)16)7-2-3-9-12-8(11(17)18)5-14(9)4-7/h2-5H,6H2,1H3,(H,15,16)(H,17,18). The van der Waals surface area contributed by atoms with Gasteiger partial charge in [0.15, 0.2) is 5.69 Å². The third kappa shape index (κ3) is 2.24. The van der Waals surface area contributed by atoms with Crippen LogP contribution >= 0.6 is 0 Å². The van der Waals surface area contributed by atoms with E-state index in [9.17, 15) is 9.59 Å². The van der Waals surface area contributed by atoms with Gasteiger partial charge in [-0.25, -0.2) is 9.78 Å². The zero-order chi connectivity index (χ0) is 13.3. The maximum absolute atomic E-state index is 10.8. The molecule has 2 N–H and O–H groups in total. The average molecular weight is 249 g/mol. The van der Waals surface area contributed by atoms with Gasteiger partial charge in [-0.3, -0.25) is 4.79 Å². The summed E-state index contributed by atoms with van der Waals surface area (Å²) in [5.41, 5.74) is 1.12. The Morgan fingerprint density at radius 1 is 1.33 bits per heavy atom. The van der Waals surface area contributed by atoms with Gasteiger partial charge in [0.1, 0.15) is 12.2 Å². The molecule has 0 radical (unpaired) electrons. The van der Waals surface area contributed by atoms with Crippen LogP contribution in [-0.2, 0) is 4.79 Å². The molecular formula is C11H11N3O4. The highest BCUT2D eigenvalue weighted by atomic mass is 16.4. The molecule has 0 aliphatic rings. The molecule has 2 aromatic rings. The molecule has 0 bridgehead atoms. The summed E-state index contributed by atoms with van der Waals surface area (Å²) in [4.78, 5) is 26.8. The van der Waals surface area contributed by atoms with E-state index >= 15 is 0 Å². The molecular weight excluding hydrogens is 238 g/mol. The molecule has 0 aromatic carbocycles. The number of hydrogen-bond acceptors (Lipinski definition) is 4. The van der Waals surface area contributed by atoms with Gasteiger partial charge >= 0.3 is 11.9 Å². The number of anilines is 1. The lowest BCUT2D eigenvalue weighted by atomic mass is 10.3. The fraction of sp³-hybridized carbons (Fsp3) is 0.182. The lowest BCUT2D eigenvalue weighted by Crippen LogP contribution is -2.25. The highest BCUT2D eigenvalue weighted by Gasteiger charge is 2.10. The minimum Gasteiger partial charge on any atom is -0.480 e. The number of carbonyl (C=O) groups is 2. The highest BCUT2D eigenvalue weighted by molar-refractivity contribution is 5.86. The van der Waals surface area contributed by atoms with Gasteiger partial charge in [0, 0.05) is 19.4 Å². The van der Waals surface area contributed by atoms with Crippen LogP contribution in [0.3, 0.4) is 0 Å². The van der Waals surface area contributed by atoms with Crippen molar-refractivity contribution in [1.82, 2.24) is 9.38 Å². The molecule has 0 amide bonds. The Morgan fingerprint density at radius 3 is 2.67 bits per heavy atom. The highest BCUT2D eigenvalue weighted by Crippen LogP contribution is 2.15. The summed E-state index contributed by atoms with van der Waals surface area (Å²) in [5.74, 6) is -2.03. The minimum atomic E-state index is -1.10. The molecule has 0 saturated carbocycles. The third-order valence-corrected chi connectivity index (χ3v) is 2.47. The first kappa shape index (κ1) is 11.9.